The Hall–Kier alpha value is -2.94. The largest absolute Gasteiger partial charge is 0.492 e. The number of nitrogen functional groups attached to an aromatic ring is 1. The number of esters is 1. The fraction of sp³-hybridized carbons (Fsp3) is 0.391. The van der Waals surface area contributed by atoms with Crippen molar-refractivity contribution >= 4 is 11.9 Å². The minimum absolute atomic E-state index is 0.263. The summed E-state index contributed by atoms with van der Waals surface area (Å²) in [6, 6.07) is 14.4. The highest BCUT2D eigenvalue weighted by molar-refractivity contribution is 5.93. The van der Waals surface area contributed by atoms with Gasteiger partial charge in [0.25, 0.3) is 5.91 Å². The molecule has 0 aliphatic rings. The molecule has 0 atom stereocenters. The molecule has 0 spiro atoms. The van der Waals surface area contributed by atoms with Crippen molar-refractivity contribution in [3.05, 3.63) is 65.2 Å². The highest BCUT2D eigenvalue weighted by Crippen LogP contribution is 2.13. The van der Waals surface area contributed by atoms with Crippen LogP contribution in [0.25, 0.3) is 0 Å². The van der Waals surface area contributed by atoms with E-state index in [1.54, 1.807) is 43.3 Å². The predicted molar refractivity (Wildman–Crippen MR) is 122 cm³/mol. The van der Waals surface area contributed by atoms with E-state index < -0.39 is 0 Å². The Kier molecular flexibility index (Phi) is 11.9. The van der Waals surface area contributed by atoms with Gasteiger partial charge >= 0.3 is 5.97 Å². The molecule has 0 unspecified atom stereocenters. The maximum absolute atomic E-state index is 11.4. The Morgan fingerprint density at radius 1 is 0.903 bits per heavy atom. The smallest absolute Gasteiger partial charge is 0.338 e. The predicted octanol–water partition coefficient (Wildman–Crippen LogP) is 2.16. The average molecular weight is 431 g/mol. The fourth-order valence-electron chi connectivity index (χ4n) is 2.46. The number of rotatable bonds is 9. The van der Waals surface area contributed by atoms with E-state index in [0.29, 0.717) is 24.3 Å². The summed E-state index contributed by atoms with van der Waals surface area (Å²) in [7, 11) is 7.99. The third-order valence-corrected chi connectivity index (χ3v) is 4.02. The zero-order chi connectivity index (χ0) is 23.2. The SMILES string of the molecule is CCOC(=O)c1ccc(OCCN(C)C)cc1.CN(C)Cc1ccc(C(=O)NN)cc1. The van der Waals surface area contributed by atoms with Crippen LogP contribution in [0.1, 0.15) is 33.2 Å². The van der Waals surface area contributed by atoms with Crippen molar-refractivity contribution in [1.29, 1.82) is 0 Å². The van der Waals surface area contributed by atoms with E-state index in [9.17, 15) is 9.59 Å². The van der Waals surface area contributed by atoms with Crippen LogP contribution in [0.3, 0.4) is 0 Å². The van der Waals surface area contributed by atoms with Gasteiger partial charge in [0.2, 0.25) is 0 Å². The van der Waals surface area contributed by atoms with Gasteiger partial charge in [0.1, 0.15) is 12.4 Å². The van der Waals surface area contributed by atoms with Gasteiger partial charge in [-0.3, -0.25) is 10.2 Å². The van der Waals surface area contributed by atoms with E-state index >= 15 is 0 Å². The molecule has 2 aromatic carbocycles. The first-order chi connectivity index (χ1) is 14.8. The number of nitrogens with one attached hydrogen (secondary N) is 1. The standard InChI is InChI=1S/C13H19NO3.C10H15N3O/c1-4-16-13(15)11-5-7-12(8-6-11)17-10-9-14(2)3;1-13(2)7-8-3-5-9(6-4-8)10(14)12-11/h5-8H,4,9-10H2,1-3H3;3-6H,7,11H2,1-2H3,(H,12,14). The first-order valence-electron chi connectivity index (χ1n) is 10.1. The van der Waals surface area contributed by atoms with Crippen LogP contribution in [-0.2, 0) is 11.3 Å². The molecule has 0 saturated carbocycles. The lowest BCUT2D eigenvalue weighted by Gasteiger charge is -2.11. The highest BCUT2D eigenvalue weighted by Gasteiger charge is 2.06. The van der Waals surface area contributed by atoms with Gasteiger partial charge in [-0.05, 0) is 77.1 Å². The Morgan fingerprint density at radius 2 is 1.48 bits per heavy atom. The summed E-state index contributed by atoms with van der Waals surface area (Å²) >= 11 is 0. The molecule has 8 nitrogen and oxygen atoms in total. The lowest BCUT2D eigenvalue weighted by atomic mass is 10.1. The average Bonchev–Trinajstić information content (AvgIpc) is 2.74. The fourth-order valence-corrected chi connectivity index (χ4v) is 2.46. The van der Waals surface area contributed by atoms with Crippen LogP contribution in [0, 0.1) is 0 Å². The normalized spacial score (nSPS) is 10.3. The molecule has 0 bridgehead atoms. The number of amides is 1. The lowest BCUT2D eigenvalue weighted by Crippen LogP contribution is -2.29. The van der Waals surface area contributed by atoms with Crippen LogP contribution in [-0.4, -0.2) is 69.6 Å². The van der Waals surface area contributed by atoms with Crippen molar-refractivity contribution in [2.45, 2.75) is 13.5 Å². The number of carbonyl (C=O) groups excluding carboxylic acids is 2. The van der Waals surface area contributed by atoms with E-state index in [-0.39, 0.29) is 11.9 Å². The summed E-state index contributed by atoms with van der Waals surface area (Å²) in [6.45, 7) is 4.53. The van der Waals surface area contributed by atoms with E-state index in [1.165, 1.54) is 5.56 Å². The van der Waals surface area contributed by atoms with Crippen molar-refractivity contribution < 1.29 is 19.1 Å². The number of hydrazine groups is 1. The molecule has 2 aromatic rings. The maximum atomic E-state index is 11.4. The van der Waals surface area contributed by atoms with Crippen LogP contribution in [0.5, 0.6) is 5.75 Å². The topological polar surface area (TPSA) is 97.1 Å². The second-order valence-corrected chi connectivity index (χ2v) is 7.30. The van der Waals surface area contributed by atoms with Gasteiger partial charge in [-0.2, -0.15) is 0 Å². The van der Waals surface area contributed by atoms with Gasteiger partial charge in [-0.25, -0.2) is 10.6 Å². The molecule has 0 fully saturated rings. The number of nitrogens with zero attached hydrogens (tertiary/aromatic N) is 2. The molecule has 3 N–H and O–H groups in total. The molecular formula is C23H34N4O4. The first kappa shape index (κ1) is 26.1. The Bertz CT molecular complexity index is 790. The Morgan fingerprint density at radius 3 is 1.97 bits per heavy atom. The number of nitrogens with two attached hydrogens (primary N) is 1. The van der Waals surface area contributed by atoms with Crippen molar-refractivity contribution in [2.24, 2.45) is 5.84 Å². The summed E-state index contributed by atoms with van der Waals surface area (Å²) < 4.78 is 10.4. The molecule has 0 aliphatic carbocycles. The minimum Gasteiger partial charge on any atom is -0.492 e. The van der Waals surface area contributed by atoms with Gasteiger partial charge < -0.3 is 19.3 Å². The third-order valence-electron chi connectivity index (χ3n) is 4.02. The molecule has 0 aromatic heterocycles. The summed E-state index contributed by atoms with van der Waals surface area (Å²) in [5.41, 5.74) is 4.39. The molecule has 1 amide bonds. The second-order valence-electron chi connectivity index (χ2n) is 7.30. The molecule has 2 rings (SSSR count). The van der Waals surface area contributed by atoms with Crippen LogP contribution < -0.4 is 16.0 Å². The summed E-state index contributed by atoms with van der Waals surface area (Å²) in [5.74, 6) is 5.22. The van der Waals surface area contributed by atoms with E-state index in [0.717, 1.165) is 18.8 Å². The number of carbonyl (C=O) groups is 2. The molecule has 0 aliphatic heterocycles. The monoisotopic (exact) mass is 430 g/mol. The van der Waals surface area contributed by atoms with Crippen LogP contribution in [0.15, 0.2) is 48.5 Å². The maximum Gasteiger partial charge on any atom is 0.338 e. The third kappa shape index (κ3) is 10.6. The zero-order valence-electron chi connectivity index (χ0n) is 19.1. The van der Waals surface area contributed by atoms with E-state index in [1.807, 2.05) is 45.2 Å². The molecule has 0 heterocycles. The van der Waals surface area contributed by atoms with Crippen molar-refractivity contribution in [3.8, 4) is 5.75 Å². The van der Waals surface area contributed by atoms with Crippen molar-refractivity contribution in [1.82, 2.24) is 15.2 Å². The van der Waals surface area contributed by atoms with Crippen LogP contribution in [0.4, 0.5) is 0 Å². The molecule has 0 saturated heterocycles. The molecule has 31 heavy (non-hydrogen) atoms. The number of ether oxygens (including phenoxy) is 2. The number of hydrogen-bond donors (Lipinski definition) is 2. The number of hydrogen-bond acceptors (Lipinski definition) is 7. The quantitative estimate of drug-likeness (QED) is 0.272. The van der Waals surface area contributed by atoms with Crippen LogP contribution in [0.2, 0.25) is 0 Å². The van der Waals surface area contributed by atoms with E-state index in [2.05, 4.69) is 10.3 Å². The van der Waals surface area contributed by atoms with Crippen molar-refractivity contribution in [3.63, 3.8) is 0 Å². The molecule has 170 valence electrons. The van der Waals surface area contributed by atoms with Crippen LogP contribution >= 0.6 is 0 Å². The zero-order valence-corrected chi connectivity index (χ0v) is 19.1. The lowest BCUT2D eigenvalue weighted by molar-refractivity contribution is 0.0526. The Labute approximate surface area is 184 Å². The minimum atomic E-state index is -0.299. The Balaban J connectivity index is 0.000000316. The van der Waals surface area contributed by atoms with E-state index in [4.69, 9.17) is 15.3 Å². The van der Waals surface area contributed by atoms with Gasteiger partial charge in [-0.15, -0.1) is 0 Å². The second kappa shape index (κ2) is 14.1. The molecular weight excluding hydrogens is 396 g/mol. The van der Waals surface area contributed by atoms with Crippen molar-refractivity contribution in [2.75, 3.05) is 47.9 Å². The molecule has 0 radical (unpaired) electrons. The number of benzene rings is 2. The summed E-state index contributed by atoms with van der Waals surface area (Å²) in [4.78, 5) is 26.6. The first-order valence-corrected chi connectivity index (χ1v) is 10.1. The van der Waals surface area contributed by atoms with Gasteiger partial charge in [-0.1, -0.05) is 12.1 Å². The van der Waals surface area contributed by atoms with Gasteiger partial charge in [0.15, 0.2) is 0 Å². The van der Waals surface area contributed by atoms with Gasteiger partial charge in [0.05, 0.1) is 12.2 Å². The van der Waals surface area contributed by atoms with Gasteiger partial charge in [0, 0.05) is 18.7 Å². The summed E-state index contributed by atoms with van der Waals surface area (Å²) in [6.07, 6.45) is 0. The highest BCUT2D eigenvalue weighted by atomic mass is 16.5. The molecule has 8 heteroatoms. The summed E-state index contributed by atoms with van der Waals surface area (Å²) in [5, 5.41) is 0. The number of likely N-dealkylation sites (N-methyl/N-ethyl adjacent to an activating group) is 1.